The molecule has 118 valence electrons. The topological polar surface area (TPSA) is 82.9 Å². The second-order valence-electron chi connectivity index (χ2n) is 4.59. The SMILES string of the molecule is COCCNCc1ccc(OCC(C)OC)c([N+](=O)[O-])c1. The number of nitro benzene ring substituents is 1. The van der Waals surface area contributed by atoms with Gasteiger partial charge < -0.3 is 19.5 Å². The number of ether oxygens (including phenoxy) is 3. The van der Waals surface area contributed by atoms with E-state index >= 15 is 0 Å². The largest absolute Gasteiger partial charge is 0.484 e. The van der Waals surface area contributed by atoms with Crippen LogP contribution in [0.1, 0.15) is 12.5 Å². The molecule has 1 unspecified atom stereocenters. The van der Waals surface area contributed by atoms with Crippen LogP contribution in [0.2, 0.25) is 0 Å². The Labute approximate surface area is 124 Å². The molecule has 1 rings (SSSR count). The summed E-state index contributed by atoms with van der Waals surface area (Å²) in [4.78, 5) is 10.7. The highest BCUT2D eigenvalue weighted by Gasteiger charge is 2.16. The molecule has 1 N–H and O–H groups in total. The highest BCUT2D eigenvalue weighted by molar-refractivity contribution is 5.48. The van der Waals surface area contributed by atoms with Crippen LogP contribution in [0.25, 0.3) is 0 Å². The minimum Gasteiger partial charge on any atom is -0.484 e. The van der Waals surface area contributed by atoms with E-state index in [0.717, 1.165) is 5.56 Å². The highest BCUT2D eigenvalue weighted by atomic mass is 16.6. The Kier molecular flexibility index (Phi) is 7.66. The Morgan fingerprint density at radius 3 is 2.76 bits per heavy atom. The van der Waals surface area contributed by atoms with Gasteiger partial charge in [0.2, 0.25) is 0 Å². The normalized spacial score (nSPS) is 12.1. The molecule has 1 aromatic carbocycles. The maximum absolute atomic E-state index is 11.1. The number of hydrogen-bond acceptors (Lipinski definition) is 6. The smallest absolute Gasteiger partial charge is 0.311 e. The minimum atomic E-state index is -0.439. The predicted octanol–water partition coefficient (Wildman–Crippen LogP) is 1.74. The van der Waals surface area contributed by atoms with Gasteiger partial charge in [0.25, 0.3) is 0 Å². The Morgan fingerprint density at radius 2 is 2.14 bits per heavy atom. The summed E-state index contributed by atoms with van der Waals surface area (Å²) in [6.07, 6.45) is -0.125. The van der Waals surface area contributed by atoms with Gasteiger partial charge in [0.15, 0.2) is 5.75 Å². The standard InChI is InChI=1S/C14H22N2O5/c1-11(20-3)10-21-14-5-4-12(8-13(14)16(17)18)9-15-6-7-19-2/h4-5,8,11,15H,6-7,9-10H2,1-3H3. The van der Waals surface area contributed by atoms with Gasteiger partial charge in [0, 0.05) is 33.4 Å². The van der Waals surface area contributed by atoms with Crippen molar-refractivity contribution in [3.8, 4) is 5.75 Å². The van der Waals surface area contributed by atoms with E-state index in [0.29, 0.717) is 19.7 Å². The number of nitrogens with one attached hydrogen (secondary N) is 1. The van der Waals surface area contributed by atoms with Gasteiger partial charge in [-0.25, -0.2) is 0 Å². The molecule has 21 heavy (non-hydrogen) atoms. The van der Waals surface area contributed by atoms with Crippen LogP contribution in [-0.4, -0.2) is 45.0 Å². The van der Waals surface area contributed by atoms with Gasteiger partial charge in [-0.3, -0.25) is 10.1 Å². The maximum Gasteiger partial charge on any atom is 0.311 e. The molecule has 0 aliphatic carbocycles. The fraction of sp³-hybridized carbons (Fsp3) is 0.571. The van der Waals surface area contributed by atoms with E-state index in [-0.39, 0.29) is 24.1 Å². The Bertz CT molecular complexity index is 453. The van der Waals surface area contributed by atoms with Gasteiger partial charge in [-0.1, -0.05) is 6.07 Å². The summed E-state index contributed by atoms with van der Waals surface area (Å²) in [5.74, 6) is 0.254. The second-order valence-corrected chi connectivity index (χ2v) is 4.59. The summed E-state index contributed by atoms with van der Waals surface area (Å²) in [5.41, 5.74) is 0.786. The zero-order chi connectivity index (χ0) is 15.7. The molecule has 0 heterocycles. The Morgan fingerprint density at radius 1 is 1.38 bits per heavy atom. The third-order valence-electron chi connectivity index (χ3n) is 2.91. The molecule has 0 saturated heterocycles. The van der Waals surface area contributed by atoms with Crippen LogP contribution in [0.15, 0.2) is 18.2 Å². The fourth-order valence-corrected chi connectivity index (χ4v) is 1.62. The van der Waals surface area contributed by atoms with Gasteiger partial charge in [-0.2, -0.15) is 0 Å². The third kappa shape index (κ3) is 6.07. The van der Waals surface area contributed by atoms with Gasteiger partial charge in [0.1, 0.15) is 6.61 Å². The third-order valence-corrected chi connectivity index (χ3v) is 2.91. The predicted molar refractivity (Wildman–Crippen MR) is 78.6 cm³/mol. The van der Waals surface area contributed by atoms with Crippen molar-refractivity contribution in [2.24, 2.45) is 0 Å². The number of hydrogen-bond donors (Lipinski definition) is 1. The lowest BCUT2D eigenvalue weighted by Gasteiger charge is -2.12. The first-order valence-corrected chi connectivity index (χ1v) is 6.71. The van der Waals surface area contributed by atoms with Crippen LogP contribution in [0.3, 0.4) is 0 Å². The van der Waals surface area contributed by atoms with Crippen molar-refractivity contribution in [2.75, 3.05) is 34.0 Å². The summed E-state index contributed by atoms with van der Waals surface area (Å²) in [5, 5.41) is 14.3. The van der Waals surface area contributed by atoms with Crippen molar-refractivity contribution >= 4 is 5.69 Å². The summed E-state index contributed by atoms with van der Waals surface area (Å²) in [7, 11) is 3.19. The average molecular weight is 298 g/mol. The molecule has 0 radical (unpaired) electrons. The molecule has 1 aromatic rings. The molecule has 7 heteroatoms. The van der Waals surface area contributed by atoms with Gasteiger partial charge in [-0.05, 0) is 18.6 Å². The van der Waals surface area contributed by atoms with Gasteiger partial charge in [0.05, 0.1) is 17.6 Å². The van der Waals surface area contributed by atoms with E-state index in [1.807, 2.05) is 6.92 Å². The Hall–Kier alpha value is -1.70. The molecule has 0 saturated carbocycles. The van der Waals surface area contributed by atoms with Crippen LogP contribution in [0, 0.1) is 10.1 Å². The molecule has 7 nitrogen and oxygen atoms in total. The van der Waals surface area contributed by atoms with E-state index in [4.69, 9.17) is 14.2 Å². The maximum atomic E-state index is 11.1. The molecule has 0 aliphatic heterocycles. The number of rotatable bonds is 10. The van der Waals surface area contributed by atoms with Crippen molar-refractivity contribution < 1.29 is 19.1 Å². The first-order chi connectivity index (χ1) is 10.1. The first kappa shape index (κ1) is 17.4. The molecule has 0 spiro atoms. The van der Waals surface area contributed by atoms with Crippen molar-refractivity contribution in [1.29, 1.82) is 0 Å². The lowest BCUT2D eigenvalue weighted by atomic mass is 10.2. The van der Waals surface area contributed by atoms with E-state index in [1.165, 1.54) is 6.07 Å². The first-order valence-electron chi connectivity index (χ1n) is 6.71. The van der Waals surface area contributed by atoms with Crippen LogP contribution >= 0.6 is 0 Å². The molecule has 0 fully saturated rings. The number of methoxy groups -OCH3 is 2. The molecule has 0 aromatic heterocycles. The van der Waals surface area contributed by atoms with E-state index in [1.54, 1.807) is 26.4 Å². The summed E-state index contributed by atoms with van der Waals surface area (Å²) < 4.78 is 15.4. The van der Waals surface area contributed by atoms with Crippen molar-refractivity contribution in [3.63, 3.8) is 0 Å². The fourth-order valence-electron chi connectivity index (χ4n) is 1.62. The molecule has 0 aliphatic rings. The zero-order valence-corrected chi connectivity index (χ0v) is 12.6. The number of nitro groups is 1. The summed E-state index contributed by atoms with van der Waals surface area (Å²) in [6.45, 7) is 3.92. The highest BCUT2D eigenvalue weighted by Crippen LogP contribution is 2.28. The van der Waals surface area contributed by atoms with E-state index in [9.17, 15) is 10.1 Å². The van der Waals surface area contributed by atoms with Gasteiger partial charge in [-0.15, -0.1) is 0 Å². The average Bonchev–Trinajstić information content (AvgIpc) is 2.49. The van der Waals surface area contributed by atoms with Crippen LogP contribution in [-0.2, 0) is 16.0 Å². The molecule has 0 bridgehead atoms. The van der Waals surface area contributed by atoms with Crippen molar-refractivity contribution in [2.45, 2.75) is 19.6 Å². The quantitative estimate of drug-likeness (QED) is 0.402. The van der Waals surface area contributed by atoms with Crippen LogP contribution in [0.4, 0.5) is 5.69 Å². The van der Waals surface area contributed by atoms with Crippen molar-refractivity contribution in [3.05, 3.63) is 33.9 Å². The Balaban J connectivity index is 2.70. The number of benzene rings is 1. The monoisotopic (exact) mass is 298 g/mol. The zero-order valence-electron chi connectivity index (χ0n) is 12.6. The molecular formula is C14H22N2O5. The van der Waals surface area contributed by atoms with E-state index in [2.05, 4.69) is 5.32 Å². The van der Waals surface area contributed by atoms with Crippen LogP contribution < -0.4 is 10.1 Å². The lowest BCUT2D eigenvalue weighted by Crippen LogP contribution is -2.19. The lowest BCUT2D eigenvalue weighted by molar-refractivity contribution is -0.386. The van der Waals surface area contributed by atoms with Gasteiger partial charge >= 0.3 is 5.69 Å². The summed E-state index contributed by atoms with van der Waals surface area (Å²) in [6, 6.07) is 4.94. The second kappa shape index (κ2) is 9.28. The minimum absolute atomic E-state index is 0.0376. The molecule has 0 amide bonds. The van der Waals surface area contributed by atoms with Crippen molar-refractivity contribution in [1.82, 2.24) is 5.32 Å². The van der Waals surface area contributed by atoms with E-state index < -0.39 is 4.92 Å². The summed E-state index contributed by atoms with van der Waals surface area (Å²) >= 11 is 0. The molecule has 1 atom stereocenters. The van der Waals surface area contributed by atoms with Crippen LogP contribution in [0.5, 0.6) is 5.75 Å². The molecular weight excluding hydrogens is 276 g/mol. The number of nitrogens with zero attached hydrogens (tertiary/aromatic N) is 1.